The van der Waals surface area contributed by atoms with Crippen LogP contribution in [0, 0.1) is 23.7 Å². The van der Waals surface area contributed by atoms with Crippen molar-refractivity contribution >= 4 is 23.5 Å². The van der Waals surface area contributed by atoms with Crippen LogP contribution in [-0.4, -0.2) is 92.2 Å². The normalized spacial score (nSPS) is 11.7. The number of nitrogens with zero attached hydrogens (tertiary/aromatic N) is 2. The van der Waals surface area contributed by atoms with Gasteiger partial charge in [-0.2, -0.15) is 0 Å². The Labute approximate surface area is 219 Å². The van der Waals surface area contributed by atoms with E-state index >= 15 is 0 Å². The highest BCUT2D eigenvalue weighted by Crippen LogP contribution is 2.04. The molecule has 36 heavy (non-hydrogen) atoms. The van der Waals surface area contributed by atoms with Gasteiger partial charge >= 0.3 is 0 Å². The van der Waals surface area contributed by atoms with Crippen LogP contribution in [0.1, 0.15) is 68.2 Å². The van der Waals surface area contributed by atoms with Gasteiger partial charge in [0.15, 0.2) is 0 Å². The van der Waals surface area contributed by atoms with Crippen molar-refractivity contribution in [3.63, 3.8) is 0 Å². The molecule has 0 heterocycles. The fourth-order valence-electron chi connectivity index (χ4n) is 3.34. The Morgan fingerprint density at radius 1 is 0.500 bits per heavy atom. The zero-order chi connectivity index (χ0) is 27.7. The molecule has 0 saturated carbocycles. The third-order valence-corrected chi connectivity index (χ3v) is 6.03. The van der Waals surface area contributed by atoms with E-state index in [4.69, 9.17) is 0 Å². The third-order valence-electron chi connectivity index (χ3n) is 6.03. The van der Waals surface area contributed by atoms with Crippen LogP contribution in [0.2, 0.25) is 0 Å². The predicted molar refractivity (Wildman–Crippen MR) is 146 cm³/mol. The summed E-state index contributed by atoms with van der Waals surface area (Å²) >= 11 is 0. The molecule has 0 saturated heterocycles. The molecule has 210 valence electrons. The van der Waals surface area contributed by atoms with Crippen molar-refractivity contribution in [2.24, 2.45) is 23.7 Å². The Morgan fingerprint density at radius 3 is 1.14 bits per heavy atom. The summed E-state index contributed by atoms with van der Waals surface area (Å²) < 4.78 is 0. The van der Waals surface area contributed by atoms with Gasteiger partial charge in [-0.25, -0.2) is 0 Å². The van der Waals surface area contributed by atoms with Crippen LogP contribution in [0.15, 0.2) is 0 Å². The van der Waals surface area contributed by atoms with Gasteiger partial charge in [-0.05, 0) is 13.0 Å². The molecule has 0 atom stereocenters. The van der Waals surface area contributed by atoms with E-state index in [-0.39, 0.29) is 47.2 Å². The summed E-state index contributed by atoms with van der Waals surface area (Å²) in [4.78, 5) is 52.4. The molecule has 0 spiro atoms. The molecule has 9 heteroatoms. The highest BCUT2D eigenvalue weighted by molar-refractivity contribution is 5.80. The lowest BCUT2D eigenvalue weighted by Crippen LogP contribution is -2.45. The number of Topliss-reactive ketones (excluding diaryl/α,β-unsaturated/α-hetero) is 1. The van der Waals surface area contributed by atoms with Crippen molar-refractivity contribution < 1.29 is 19.2 Å². The molecule has 0 unspecified atom stereocenters. The van der Waals surface area contributed by atoms with Crippen molar-refractivity contribution in [3.05, 3.63) is 0 Å². The molecule has 0 bridgehead atoms. The van der Waals surface area contributed by atoms with Crippen molar-refractivity contribution in [3.8, 4) is 0 Å². The third kappa shape index (κ3) is 16.6. The number of rotatable bonds is 20. The lowest BCUT2D eigenvalue weighted by atomic mass is 10.0. The monoisotopic (exact) mass is 511 g/mol. The van der Waals surface area contributed by atoms with Gasteiger partial charge in [0, 0.05) is 82.5 Å². The van der Waals surface area contributed by atoms with E-state index in [2.05, 4.69) is 25.8 Å². The molecular weight excluding hydrogens is 458 g/mol. The highest BCUT2D eigenvalue weighted by atomic mass is 16.2. The first-order valence-electron chi connectivity index (χ1n) is 13.7. The highest BCUT2D eigenvalue weighted by Gasteiger charge is 2.14. The molecule has 0 aliphatic heterocycles. The van der Waals surface area contributed by atoms with Crippen LogP contribution in [0.25, 0.3) is 0 Å². The molecule has 0 aliphatic carbocycles. The number of ketones is 1. The van der Waals surface area contributed by atoms with E-state index in [0.717, 1.165) is 26.1 Å². The molecule has 0 aliphatic rings. The average Bonchev–Trinajstić information content (AvgIpc) is 2.80. The summed E-state index contributed by atoms with van der Waals surface area (Å²) in [5, 5.41) is 8.91. The molecule has 0 aromatic heterocycles. The minimum Gasteiger partial charge on any atom is -0.355 e. The quantitative estimate of drug-likeness (QED) is 0.230. The molecule has 0 fully saturated rings. The maximum absolute atomic E-state index is 12.1. The maximum atomic E-state index is 12.1. The fraction of sp³-hybridized carbons (Fsp3) is 0.852. The van der Waals surface area contributed by atoms with Gasteiger partial charge in [-0.15, -0.1) is 0 Å². The molecule has 3 N–H and O–H groups in total. The van der Waals surface area contributed by atoms with Crippen LogP contribution >= 0.6 is 0 Å². The minimum atomic E-state index is -0.0612. The Kier molecular flexibility index (Phi) is 18.1. The number of carbonyl (C=O) groups is 4. The zero-order valence-electron chi connectivity index (χ0n) is 24.1. The van der Waals surface area contributed by atoms with E-state index in [9.17, 15) is 19.2 Å². The second-order valence-corrected chi connectivity index (χ2v) is 10.7. The maximum Gasteiger partial charge on any atom is 0.222 e. The second kappa shape index (κ2) is 19.2. The van der Waals surface area contributed by atoms with Gasteiger partial charge in [-0.3, -0.25) is 24.1 Å². The van der Waals surface area contributed by atoms with Crippen LogP contribution in [-0.2, 0) is 19.2 Å². The Hall–Kier alpha value is -2.00. The first-order valence-corrected chi connectivity index (χ1v) is 13.7. The predicted octanol–water partition coefficient (Wildman–Crippen LogP) is 1.91. The molecule has 0 aromatic rings. The molecule has 0 radical (unpaired) electrons. The van der Waals surface area contributed by atoms with Gasteiger partial charge in [0.1, 0.15) is 5.78 Å². The number of amides is 3. The van der Waals surface area contributed by atoms with Crippen molar-refractivity contribution in [2.75, 3.05) is 58.9 Å². The largest absolute Gasteiger partial charge is 0.355 e. The smallest absolute Gasteiger partial charge is 0.222 e. The van der Waals surface area contributed by atoms with E-state index in [1.807, 2.05) is 55.4 Å². The van der Waals surface area contributed by atoms with Gasteiger partial charge in [0.05, 0.1) is 0 Å². The van der Waals surface area contributed by atoms with Gasteiger partial charge in [-0.1, -0.05) is 55.4 Å². The number of nitrogens with one attached hydrogen (secondary N) is 3. The molecule has 0 rings (SSSR count). The molecular formula is C27H53N5O4. The van der Waals surface area contributed by atoms with Gasteiger partial charge in [0.25, 0.3) is 0 Å². The number of carbonyl (C=O) groups excluding carboxylic acids is 4. The lowest BCUT2D eigenvalue weighted by molar-refractivity contribution is -0.124. The summed E-state index contributed by atoms with van der Waals surface area (Å²) in [6.07, 6.45) is 1.34. The SMILES string of the molecule is CC(C)C(=O)CCCN(CCNC(=O)C(C)C)CCN(CCNC(=O)C(C)C)CCNC(=O)C(C)C. The molecule has 3 amide bonds. The first-order chi connectivity index (χ1) is 16.8. The molecule has 9 nitrogen and oxygen atoms in total. The van der Waals surface area contributed by atoms with E-state index in [1.165, 1.54) is 0 Å². The summed E-state index contributed by atoms with van der Waals surface area (Å²) in [6.45, 7) is 21.1. The summed E-state index contributed by atoms with van der Waals surface area (Å²) in [5.41, 5.74) is 0. The van der Waals surface area contributed by atoms with Crippen molar-refractivity contribution in [2.45, 2.75) is 68.2 Å². The van der Waals surface area contributed by atoms with E-state index < -0.39 is 0 Å². The fourth-order valence-corrected chi connectivity index (χ4v) is 3.34. The average molecular weight is 512 g/mol. The number of hydrogen-bond donors (Lipinski definition) is 3. The summed E-state index contributed by atoms with van der Waals surface area (Å²) in [7, 11) is 0. The lowest BCUT2D eigenvalue weighted by Gasteiger charge is -2.28. The minimum absolute atomic E-state index is 0.0281. The van der Waals surface area contributed by atoms with Crippen LogP contribution in [0.4, 0.5) is 0 Å². The van der Waals surface area contributed by atoms with Crippen LogP contribution in [0.5, 0.6) is 0 Å². The standard InChI is InChI=1S/C27H53N5O4/c1-20(2)24(33)10-9-14-31(15-11-28-25(34)21(3)4)18-19-32(16-12-29-26(35)22(5)6)17-13-30-27(36)23(7)8/h20-23H,9-19H2,1-8H3,(H,28,34)(H,29,35)(H,30,36). The Bertz CT molecular complexity index is 557. The van der Waals surface area contributed by atoms with Crippen LogP contribution in [0.3, 0.4) is 0 Å². The van der Waals surface area contributed by atoms with Gasteiger partial charge < -0.3 is 20.9 Å². The summed E-state index contributed by atoms with van der Waals surface area (Å²) in [5.74, 6) is 0.226. The van der Waals surface area contributed by atoms with Crippen LogP contribution < -0.4 is 16.0 Å². The Morgan fingerprint density at radius 2 is 0.833 bits per heavy atom. The van der Waals surface area contributed by atoms with Crippen molar-refractivity contribution in [1.82, 2.24) is 25.8 Å². The zero-order valence-corrected chi connectivity index (χ0v) is 24.1. The second-order valence-electron chi connectivity index (χ2n) is 10.7. The topological polar surface area (TPSA) is 111 Å². The van der Waals surface area contributed by atoms with Crippen molar-refractivity contribution in [1.29, 1.82) is 0 Å². The van der Waals surface area contributed by atoms with Gasteiger partial charge in [0.2, 0.25) is 17.7 Å². The van der Waals surface area contributed by atoms with E-state index in [0.29, 0.717) is 45.7 Å². The van der Waals surface area contributed by atoms with E-state index in [1.54, 1.807) is 0 Å². The number of hydrogen-bond acceptors (Lipinski definition) is 6. The first kappa shape index (κ1) is 34.0. The summed E-state index contributed by atoms with van der Waals surface area (Å²) in [6, 6.07) is 0. The molecule has 0 aromatic carbocycles. The Balaban J connectivity index is 5.00.